The van der Waals surface area contributed by atoms with E-state index in [1.54, 1.807) is 23.1 Å². The number of benzene rings is 1. The summed E-state index contributed by atoms with van der Waals surface area (Å²) in [5.74, 6) is -0.186. The number of carbonyl (C=O) groups excluding carboxylic acids is 2. The maximum atomic E-state index is 12.2. The number of rotatable bonds is 3. The molecule has 0 aromatic heterocycles. The number of primary amides is 1. The van der Waals surface area contributed by atoms with Gasteiger partial charge in [-0.05, 0) is 44.1 Å². The maximum absolute atomic E-state index is 12.2. The van der Waals surface area contributed by atoms with Gasteiger partial charge in [-0.15, -0.1) is 0 Å². The van der Waals surface area contributed by atoms with Crippen LogP contribution in [0, 0.1) is 5.92 Å². The highest BCUT2D eigenvalue weighted by Gasteiger charge is 2.37. The predicted molar refractivity (Wildman–Crippen MR) is 89.3 cm³/mol. The number of likely N-dealkylation sites (tertiary alicyclic amines) is 2. The first kappa shape index (κ1) is 16.1. The molecule has 3 N–H and O–H groups in total. The van der Waals surface area contributed by atoms with Crippen molar-refractivity contribution in [2.75, 3.05) is 31.5 Å². The van der Waals surface area contributed by atoms with Gasteiger partial charge in [-0.3, -0.25) is 9.69 Å². The summed E-state index contributed by atoms with van der Waals surface area (Å²) < 4.78 is 0. The summed E-state index contributed by atoms with van der Waals surface area (Å²) in [5, 5.41) is 3.45. The van der Waals surface area contributed by atoms with Crippen molar-refractivity contribution in [1.82, 2.24) is 9.80 Å². The Labute approximate surface area is 140 Å². The van der Waals surface area contributed by atoms with E-state index in [2.05, 4.69) is 10.2 Å². The number of halogens is 1. The van der Waals surface area contributed by atoms with Crippen molar-refractivity contribution >= 4 is 29.2 Å². The van der Waals surface area contributed by atoms with E-state index in [9.17, 15) is 9.59 Å². The molecule has 23 heavy (non-hydrogen) atoms. The number of piperidine rings is 1. The van der Waals surface area contributed by atoms with Crippen molar-refractivity contribution in [1.29, 1.82) is 0 Å². The molecule has 0 bridgehead atoms. The Balaban J connectivity index is 1.44. The first-order chi connectivity index (χ1) is 11.0. The second kappa shape index (κ2) is 6.76. The summed E-state index contributed by atoms with van der Waals surface area (Å²) in [6.45, 7) is 3.19. The second-order valence-electron chi connectivity index (χ2n) is 6.21. The zero-order chi connectivity index (χ0) is 16.4. The molecule has 0 spiro atoms. The third kappa shape index (κ3) is 3.76. The van der Waals surface area contributed by atoms with Crippen molar-refractivity contribution < 1.29 is 9.59 Å². The summed E-state index contributed by atoms with van der Waals surface area (Å²) in [6, 6.07) is 7.40. The molecule has 7 heteroatoms. The van der Waals surface area contributed by atoms with Crippen LogP contribution >= 0.6 is 11.6 Å². The summed E-state index contributed by atoms with van der Waals surface area (Å²) in [5.41, 5.74) is 6.05. The molecular formula is C16H21ClN4O2. The standard InChI is InChI=1S/C16H21ClN4O2/c17-12-2-1-3-13(8-12)19-16(23)21-9-14(10-21)20-6-4-11(5-7-20)15(18)22/h1-3,8,11,14H,4-7,9-10H2,(H2,18,22)(H,19,23). The number of urea groups is 1. The van der Waals surface area contributed by atoms with E-state index in [1.165, 1.54) is 0 Å². The van der Waals surface area contributed by atoms with Gasteiger partial charge in [0.15, 0.2) is 0 Å². The van der Waals surface area contributed by atoms with E-state index >= 15 is 0 Å². The van der Waals surface area contributed by atoms with Gasteiger partial charge in [-0.25, -0.2) is 4.79 Å². The molecule has 1 aromatic rings. The lowest BCUT2D eigenvalue weighted by molar-refractivity contribution is -0.123. The van der Waals surface area contributed by atoms with E-state index in [0.717, 1.165) is 25.9 Å². The lowest BCUT2D eigenvalue weighted by atomic mass is 9.94. The van der Waals surface area contributed by atoms with Crippen LogP contribution in [0.1, 0.15) is 12.8 Å². The second-order valence-corrected chi connectivity index (χ2v) is 6.65. The molecule has 1 aromatic carbocycles. The van der Waals surface area contributed by atoms with Crippen molar-refractivity contribution in [3.8, 4) is 0 Å². The summed E-state index contributed by atoms with van der Waals surface area (Å²) in [4.78, 5) is 27.5. The Morgan fingerprint density at radius 3 is 2.52 bits per heavy atom. The van der Waals surface area contributed by atoms with Crippen LogP contribution in [0.5, 0.6) is 0 Å². The highest BCUT2D eigenvalue weighted by Crippen LogP contribution is 2.24. The average Bonchev–Trinajstić information content (AvgIpc) is 2.46. The Morgan fingerprint density at radius 2 is 1.91 bits per heavy atom. The van der Waals surface area contributed by atoms with Crippen LogP contribution in [0.2, 0.25) is 5.02 Å². The third-order valence-corrected chi connectivity index (χ3v) is 4.91. The first-order valence-electron chi connectivity index (χ1n) is 7.88. The molecular weight excluding hydrogens is 316 g/mol. The monoisotopic (exact) mass is 336 g/mol. The van der Waals surface area contributed by atoms with Crippen LogP contribution in [0.3, 0.4) is 0 Å². The fraction of sp³-hybridized carbons (Fsp3) is 0.500. The van der Waals surface area contributed by atoms with Crippen LogP contribution in [0.25, 0.3) is 0 Å². The fourth-order valence-corrected chi connectivity index (χ4v) is 3.36. The smallest absolute Gasteiger partial charge is 0.321 e. The Hall–Kier alpha value is -1.79. The molecule has 0 unspecified atom stereocenters. The fourth-order valence-electron chi connectivity index (χ4n) is 3.17. The van der Waals surface area contributed by atoms with Gasteiger partial charge in [0.1, 0.15) is 0 Å². The highest BCUT2D eigenvalue weighted by atomic mass is 35.5. The van der Waals surface area contributed by atoms with Gasteiger partial charge in [-0.1, -0.05) is 17.7 Å². The van der Waals surface area contributed by atoms with Crippen molar-refractivity contribution in [2.24, 2.45) is 11.7 Å². The van der Waals surface area contributed by atoms with E-state index in [-0.39, 0.29) is 17.9 Å². The largest absolute Gasteiger partial charge is 0.369 e. The molecule has 0 atom stereocenters. The lowest BCUT2D eigenvalue weighted by Gasteiger charge is -2.47. The molecule has 124 valence electrons. The SMILES string of the molecule is NC(=O)C1CCN(C2CN(C(=O)Nc3cccc(Cl)c3)C2)CC1. The van der Waals surface area contributed by atoms with Gasteiger partial charge in [0.2, 0.25) is 5.91 Å². The Bertz CT molecular complexity index is 595. The molecule has 2 heterocycles. The zero-order valence-electron chi connectivity index (χ0n) is 12.9. The normalized spacial score (nSPS) is 20.1. The van der Waals surface area contributed by atoms with E-state index in [0.29, 0.717) is 29.8 Å². The van der Waals surface area contributed by atoms with Gasteiger partial charge < -0.3 is 16.0 Å². The number of nitrogens with zero attached hydrogens (tertiary/aromatic N) is 2. The number of hydrogen-bond donors (Lipinski definition) is 2. The Kier molecular flexibility index (Phi) is 4.73. The Morgan fingerprint density at radius 1 is 1.22 bits per heavy atom. The van der Waals surface area contributed by atoms with E-state index in [4.69, 9.17) is 17.3 Å². The van der Waals surface area contributed by atoms with Gasteiger partial charge >= 0.3 is 6.03 Å². The molecule has 3 rings (SSSR count). The van der Waals surface area contributed by atoms with E-state index in [1.807, 2.05) is 6.07 Å². The molecule has 0 saturated carbocycles. The van der Waals surface area contributed by atoms with Crippen LogP contribution in [0.4, 0.5) is 10.5 Å². The minimum Gasteiger partial charge on any atom is -0.369 e. The van der Waals surface area contributed by atoms with Gasteiger partial charge in [0.05, 0.1) is 0 Å². The third-order valence-electron chi connectivity index (χ3n) is 4.67. The summed E-state index contributed by atoms with van der Waals surface area (Å²) in [7, 11) is 0. The van der Waals surface area contributed by atoms with E-state index < -0.39 is 0 Å². The van der Waals surface area contributed by atoms with Crippen molar-refractivity contribution in [2.45, 2.75) is 18.9 Å². The number of amides is 3. The van der Waals surface area contributed by atoms with Crippen LogP contribution in [-0.2, 0) is 4.79 Å². The van der Waals surface area contributed by atoms with Gasteiger partial charge in [0.25, 0.3) is 0 Å². The zero-order valence-corrected chi connectivity index (χ0v) is 13.6. The number of nitrogens with one attached hydrogen (secondary N) is 1. The molecule has 0 aliphatic carbocycles. The van der Waals surface area contributed by atoms with Crippen LogP contribution in [0.15, 0.2) is 24.3 Å². The van der Waals surface area contributed by atoms with Crippen LogP contribution in [-0.4, -0.2) is 54.0 Å². The molecule has 2 fully saturated rings. The van der Waals surface area contributed by atoms with Crippen molar-refractivity contribution in [3.05, 3.63) is 29.3 Å². The summed E-state index contributed by atoms with van der Waals surface area (Å²) >= 11 is 5.91. The minimum atomic E-state index is -0.194. The number of anilines is 1. The topological polar surface area (TPSA) is 78.7 Å². The summed E-state index contributed by atoms with van der Waals surface area (Å²) in [6.07, 6.45) is 1.64. The molecule has 3 amide bonds. The quantitative estimate of drug-likeness (QED) is 0.882. The van der Waals surface area contributed by atoms with Crippen LogP contribution < -0.4 is 11.1 Å². The molecule has 6 nitrogen and oxygen atoms in total. The van der Waals surface area contributed by atoms with Crippen molar-refractivity contribution in [3.63, 3.8) is 0 Å². The predicted octanol–water partition coefficient (Wildman–Crippen LogP) is 1.75. The van der Waals surface area contributed by atoms with Gasteiger partial charge in [0, 0.05) is 35.8 Å². The lowest BCUT2D eigenvalue weighted by Crippen LogP contribution is -2.63. The average molecular weight is 337 g/mol. The number of hydrogen-bond acceptors (Lipinski definition) is 3. The number of nitrogens with two attached hydrogens (primary N) is 1. The molecule has 2 saturated heterocycles. The highest BCUT2D eigenvalue weighted by molar-refractivity contribution is 6.30. The molecule has 2 aliphatic heterocycles. The molecule has 2 aliphatic rings. The molecule has 0 radical (unpaired) electrons. The van der Waals surface area contributed by atoms with Gasteiger partial charge in [-0.2, -0.15) is 0 Å². The number of carbonyl (C=O) groups is 2. The first-order valence-corrected chi connectivity index (χ1v) is 8.25. The minimum absolute atomic E-state index is 0.00792. The maximum Gasteiger partial charge on any atom is 0.321 e.